The molecule has 2 rings (SSSR count). The van der Waals surface area contributed by atoms with Crippen LogP contribution in [0.25, 0.3) is 0 Å². The number of hydrazine groups is 1. The molecule has 0 aliphatic carbocycles. The predicted molar refractivity (Wildman–Crippen MR) is 106 cm³/mol. The Bertz CT molecular complexity index is 918. The largest absolute Gasteiger partial charge is 0.494 e. The summed E-state index contributed by atoms with van der Waals surface area (Å²) in [5, 5.41) is 4.47. The normalized spacial score (nSPS) is 11.6. The maximum absolute atomic E-state index is 12.3. The molecule has 0 fully saturated rings. The first kappa shape index (κ1) is 21.9. The van der Waals surface area contributed by atoms with Crippen molar-refractivity contribution in [2.45, 2.75) is 52.5 Å². The maximum atomic E-state index is 12.3. The van der Waals surface area contributed by atoms with Gasteiger partial charge in [0.15, 0.2) is 0 Å². The first-order chi connectivity index (χ1) is 13.1. The van der Waals surface area contributed by atoms with E-state index in [0.717, 1.165) is 23.5 Å². The highest BCUT2D eigenvalue weighted by Gasteiger charge is 2.18. The molecule has 1 aromatic carbocycles. The van der Waals surface area contributed by atoms with Crippen molar-refractivity contribution in [3.05, 3.63) is 41.2 Å². The van der Waals surface area contributed by atoms with Crippen molar-refractivity contribution in [1.82, 2.24) is 20.0 Å². The Morgan fingerprint density at radius 2 is 1.86 bits per heavy atom. The lowest BCUT2D eigenvalue weighted by Gasteiger charge is -2.10. The summed E-state index contributed by atoms with van der Waals surface area (Å²) in [6, 6.07) is 5.97. The third-order valence-corrected chi connectivity index (χ3v) is 5.44. The molecule has 154 valence electrons. The number of benzene rings is 1. The van der Waals surface area contributed by atoms with E-state index in [9.17, 15) is 13.2 Å². The van der Waals surface area contributed by atoms with E-state index in [1.54, 1.807) is 12.1 Å². The molecule has 1 amide bonds. The van der Waals surface area contributed by atoms with Gasteiger partial charge in [-0.05, 0) is 51.0 Å². The molecule has 0 radical (unpaired) electrons. The number of sulfonamides is 1. The molecule has 0 bridgehead atoms. The molecule has 0 unspecified atom stereocenters. The number of hydrogen-bond acceptors (Lipinski definition) is 5. The van der Waals surface area contributed by atoms with E-state index in [-0.39, 0.29) is 11.3 Å². The Morgan fingerprint density at radius 3 is 2.43 bits per heavy atom. The standard InChI is InChI=1S/C19H28N4O4S/c1-6-27-16-7-9-17(10-8-16)28(25,26)22-20-19(24)11-18-14(4)21-23(15(18)5)12-13(2)3/h7-10,13,22H,6,11-12H2,1-5H3,(H,20,24). The Hall–Kier alpha value is -2.39. The average molecular weight is 409 g/mol. The molecule has 2 aromatic rings. The van der Waals surface area contributed by atoms with Gasteiger partial charge in [-0.2, -0.15) is 5.10 Å². The molecule has 0 saturated carbocycles. The monoisotopic (exact) mass is 408 g/mol. The lowest BCUT2D eigenvalue weighted by atomic mass is 10.1. The van der Waals surface area contributed by atoms with Gasteiger partial charge in [0.05, 0.1) is 23.6 Å². The number of aryl methyl sites for hydroxylation is 1. The fourth-order valence-corrected chi connectivity index (χ4v) is 3.64. The van der Waals surface area contributed by atoms with Crippen molar-refractivity contribution < 1.29 is 17.9 Å². The number of nitrogens with one attached hydrogen (secondary N) is 2. The number of carbonyl (C=O) groups is 1. The smallest absolute Gasteiger partial charge is 0.257 e. The molecule has 8 nitrogen and oxygen atoms in total. The highest BCUT2D eigenvalue weighted by atomic mass is 32.2. The lowest BCUT2D eigenvalue weighted by molar-refractivity contribution is -0.120. The van der Waals surface area contributed by atoms with Crippen molar-refractivity contribution in [2.24, 2.45) is 5.92 Å². The molecule has 1 aromatic heterocycles. The highest BCUT2D eigenvalue weighted by molar-refractivity contribution is 7.89. The van der Waals surface area contributed by atoms with Crippen LogP contribution >= 0.6 is 0 Å². The van der Waals surface area contributed by atoms with Gasteiger partial charge in [-0.15, -0.1) is 4.83 Å². The van der Waals surface area contributed by atoms with Crippen LogP contribution in [0, 0.1) is 19.8 Å². The van der Waals surface area contributed by atoms with Crippen LogP contribution in [0.1, 0.15) is 37.7 Å². The first-order valence-electron chi connectivity index (χ1n) is 9.20. The minimum Gasteiger partial charge on any atom is -0.494 e. The van der Waals surface area contributed by atoms with Crippen LogP contribution in [0.2, 0.25) is 0 Å². The Morgan fingerprint density at radius 1 is 1.21 bits per heavy atom. The summed E-state index contributed by atoms with van der Waals surface area (Å²) >= 11 is 0. The van der Waals surface area contributed by atoms with Gasteiger partial charge in [0.25, 0.3) is 10.0 Å². The Labute approximate surface area is 166 Å². The molecule has 9 heteroatoms. The molecular weight excluding hydrogens is 380 g/mol. The Balaban J connectivity index is 2.01. The zero-order chi connectivity index (χ0) is 20.9. The van der Waals surface area contributed by atoms with Gasteiger partial charge in [-0.25, -0.2) is 8.42 Å². The van der Waals surface area contributed by atoms with Crippen LogP contribution in [0.15, 0.2) is 29.2 Å². The van der Waals surface area contributed by atoms with Gasteiger partial charge >= 0.3 is 0 Å². The number of ether oxygens (including phenoxy) is 1. The molecule has 1 heterocycles. The van der Waals surface area contributed by atoms with E-state index in [1.165, 1.54) is 12.1 Å². The quantitative estimate of drug-likeness (QED) is 0.619. The molecule has 0 spiro atoms. The van der Waals surface area contributed by atoms with Crippen LogP contribution in [0.4, 0.5) is 0 Å². The summed E-state index contributed by atoms with van der Waals surface area (Å²) < 4.78 is 31.8. The fraction of sp³-hybridized carbons (Fsp3) is 0.474. The third kappa shape index (κ3) is 5.56. The van der Waals surface area contributed by atoms with Gasteiger partial charge < -0.3 is 4.74 Å². The summed E-state index contributed by atoms with van der Waals surface area (Å²) in [4.78, 5) is 14.4. The van der Waals surface area contributed by atoms with Gasteiger partial charge in [0.1, 0.15) is 5.75 Å². The van der Waals surface area contributed by atoms with E-state index in [2.05, 4.69) is 29.2 Å². The van der Waals surface area contributed by atoms with E-state index in [0.29, 0.717) is 18.3 Å². The summed E-state index contributed by atoms with van der Waals surface area (Å²) in [6.45, 7) is 11.0. The maximum Gasteiger partial charge on any atom is 0.257 e. The van der Waals surface area contributed by atoms with Crippen molar-refractivity contribution in [2.75, 3.05) is 6.61 Å². The summed E-state index contributed by atoms with van der Waals surface area (Å²) in [5.74, 6) is 0.556. The first-order valence-corrected chi connectivity index (χ1v) is 10.7. The molecule has 2 N–H and O–H groups in total. The van der Waals surface area contributed by atoms with Gasteiger partial charge in [-0.3, -0.25) is 14.9 Å². The average Bonchev–Trinajstić information content (AvgIpc) is 2.88. The second-order valence-electron chi connectivity index (χ2n) is 6.96. The minimum absolute atomic E-state index is 0.0355. The number of aromatic nitrogens is 2. The Kier molecular flexibility index (Phi) is 7.20. The highest BCUT2D eigenvalue weighted by Crippen LogP contribution is 2.16. The summed E-state index contributed by atoms with van der Waals surface area (Å²) in [5.41, 5.74) is 4.75. The zero-order valence-corrected chi connectivity index (χ0v) is 17.8. The second kappa shape index (κ2) is 9.20. The SMILES string of the molecule is CCOc1ccc(S(=O)(=O)NNC(=O)Cc2c(C)nn(CC(C)C)c2C)cc1. The zero-order valence-electron chi connectivity index (χ0n) is 16.9. The van der Waals surface area contributed by atoms with Crippen molar-refractivity contribution >= 4 is 15.9 Å². The van der Waals surface area contributed by atoms with Crippen molar-refractivity contribution in [3.63, 3.8) is 0 Å². The molecular formula is C19H28N4O4S. The van der Waals surface area contributed by atoms with Gasteiger partial charge in [0.2, 0.25) is 5.91 Å². The molecule has 0 atom stereocenters. The third-order valence-electron chi connectivity index (χ3n) is 4.18. The topological polar surface area (TPSA) is 102 Å². The molecule has 0 saturated heterocycles. The number of amides is 1. The van der Waals surface area contributed by atoms with E-state index < -0.39 is 15.9 Å². The van der Waals surface area contributed by atoms with Crippen molar-refractivity contribution in [1.29, 1.82) is 0 Å². The van der Waals surface area contributed by atoms with E-state index in [4.69, 9.17) is 4.74 Å². The van der Waals surface area contributed by atoms with Gasteiger partial charge in [0, 0.05) is 17.8 Å². The van der Waals surface area contributed by atoms with Crippen LogP contribution < -0.4 is 15.0 Å². The van der Waals surface area contributed by atoms with Crippen molar-refractivity contribution in [3.8, 4) is 5.75 Å². The van der Waals surface area contributed by atoms with E-state index in [1.807, 2.05) is 25.5 Å². The molecule has 0 aliphatic rings. The molecule has 0 aliphatic heterocycles. The van der Waals surface area contributed by atoms with Gasteiger partial charge in [-0.1, -0.05) is 13.8 Å². The summed E-state index contributed by atoms with van der Waals surface area (Å²) in [6.07, 6.45) is 0.0432. The fourth-order valence-electron chi connectivity index (χ4n) is 2.78. The number of rotatable bonds is 9. The number of carbonyl (C=O) groups excluding carboxylic acids is 1. The number of nitrogens with zero attached hydrogens (tertiary/aromatic N) is 2. The second-order valence-corrected chi connectivity index (χ2v) is 8.64. The molecule has 28 heavy (non-hydrogen) atoms. The van der Waals surface area contributed by atoms with Crippen LogP contribution in [-0.4, -0.2) is 30.7 Å². The summed E-state index contributed by atoms with van der Waals surface area (Å²) in [7, 11) is -3.87. The lowest BCUT2D eigenvalue weighted by Crippen LogP contribution is -2.42. The van der Waals surface area contributed by atoms with Crippen LogP contribution in [-0.2, 0) is 27.8 Å². The predicted octanol–water partition coefficient (Wildman–Crippen LogP) is 2.11. The number of hydrogen-bond donors (Lipinski definition) is 2. The van der Waals surface area contributed by atoms with Crippen LogP contribution in [0.5, 0.6) is 5.75 Å². The van der Waals surface area contributed by atoms with E-state index >= 15 is 0 Å². The minimum atomic E-state index is -3.87. The van der Waals surface area contributed by atoms with Crippen LogP contribution in [0.3, 0.4) is 0 Å².